The van der Waals surface area contributed by atoms with Gasteiger partial charge in [0.05, 0.1) is 10.6 Å². The minimum Gasteiger partial charge on any atom is -0.444 e. The molecule has 1 aliphatic heterocycles. The zero-order chi connectivity index (χ0) is 14.9. The van der Waals surface area contributed by atoms with Crippen molar-refractivity contribution >= 4 is 22.7 Å². The molecular formula is C17H18N2OS2. The van der Waals surface area contributed by atoms with Crippen LogP contribution in [0.3, 0.4) is 0 Å². The summed E-state index contributed by atoms with van der Waals surface area (Å²) in [5.41, 5.74) is 2.54. The molecule has 4 heterocycles. The standard InChI is InChI=1S/C17H18N2OS2/c1-2-14-13-6-9-22-15(13)5-7-19(14)10-12-11-20-17(18-12)16-4-3-8-21-16/h3-4,6,8-9,11,14H,2,5,7,10H2,1H3. The van der Waals surface area contributed by atoms with E-state index >= 15 is 0 Å². The Balaban J connectivity index is 1.54. The molecule has 0 radical (unpaired) electrons. The van der Waals surface area contributed by atoms with Crippen molar-refractivity contribution in [3.05, 3.63) is 51.4 Å². The number of hydrogen-bond acceptors (Lipinski definition) is 5. The topological polar surface area (TPSA) is 29.3 Å². The van der Waals surface area contributed by atoms with Crippen molar-refractivity contribution in [3.8, 4) is 10.8 Å². The van der Waals surface area contributed by atoms with Crippen molar-refractivity contribution in [2.75, 3.05) is 6.54 Å². The van der Waals surface area contributed by atoms with Crippen molar-refractivity contribution in [1.29, 1.82) is 0 Å². The van der Waals surface area contributed by atoms with Crippen LogP contribution in [0.15, 0.2) is 39.6 Å². The molecule has 22 heavy (non-hydrogen) atoms. The van der Waals surface area contributed by atoms with Crippen LogP contribution in [-0.4, -0.2) is 16.4 Å². The number of rotatable bonds is 4. The quantitative estimate of drug-likeness (QED) is 0.676. The molecule has 3 aromatic rings. The van der Waals surface area contributed by atoms with E-state index in [9.17, 15) is 0 Å². The van der Waals surface area contributed by atoms with Gasteiger partial charge in [0.15, 0.2) is 0 Å². The summed E-state index contributed by atoms with van der Waals surface area (Å²) in [6.45, 7) is 4.24. The maximum atomic E-state index is 5.65. The van der Waals surface area contributed by atoms with Gasteiger partial charge in [-0.25, -0.2) is 4.98 Å². The first-order chi connectivity index (χ1) is 10.8. The van der Waals surface area contributed by atoms with Crippen LogP contribution < -0.4 is 0 Å². The molecule has 0 bridgehead atoms. The van der Waals surface area contributed by atoms with Crippen molar-refractivity contribution in [3.63, 3.8) is 0 Å². The van der Waals surface area contributed by atoms with Gasteiger partial charge in [-0.1, -0.05) is 13.0 Å². The SMILES string of the molecule is CCC1c2ccsc2CCN1Cc1coc(-c2cccs2)n1. The predicted octanol–water partition coefficient (Wildman–Crippen LogP) is 4.97. The molecule has 3 nitrogen and oxygen atoms in total. The first kappa shape index (κ1) is 14.2. The third-order valence-corrected chi connectivity index (χ3v) is 6.10. The zero-order valence-electron chi connectivity index (χ0n) is 12.5. The fourth-order valence-corrected chi connectivity index (χ4v) is 4.80. The van der Waals surface area contributed by atoms with Crippen molar-refractivity contribution < 1.29 is 4.42 Å². The molecule has 0 saturated carbocycles. The summed E-state index contributed by atoms with van der Waals surface area (Å²) in [6, 6.07) is 6.88. The summed E-state index contributed by atoms with van der Waals surface area (Å²) in [4.78, 5) is 9.85. The molecule has 0 aromatic carbocycles. The minimum atomic E-state index is 0.511. The van der Waals surface area contributed by atoms with Crippen LogP contribution in [0.2, 0.25) is 0 Å². The average Bonchev–Trinajstić information content (AvgIpc) is 3.27. The first-order valence-electron chi connectivity index (χ1n) is 7.63. The van der Waals surface area contributed by atoms with Crippen LogP contribution in [0, 0.1) is 0 Å². The third-order valence-electron chi connectivity index (χ3n) is 4.24. The van der Waals surface area contributed by atoms with Gasteiger partial charge in [-0.3, -0.25) is 4.90 Å². The van der Waals surface area contributed by atoms with Gasteiger partial charge in [-0.15, -0.1) is 22.7 Å². The molecule has 1 atom stereocenters. The average molecular weight is 330 g/mol. The monoisotopic (exact) mass is 330 g/mol. The van der Waals surface area contributed by atoms with Gasteiger partial charge in [-0.2, -0.15) is 0 Å². The van der Waals surface area contributed by atoms with Crippen LogP contribution in [-0.2, 0) is 13.0 Å². The molecule has 0 fully saturated rings. The Labute approximate surface area is 138 Å². The second-order valence-corrected chi connectivity index (χ2v) is 7.51. The Bertz CT molecular complexity index is 744. The molecule has 1 unspecified atom stereocenters. The molecule has 0 amide bonds. The van der Waals surface area contributed by atoms with Crippen molar-refractivity contribution in [2.24, 2.45) is 0 Å². The van der Waals surface area contributed by atoms with E-state index in [2.05, 4.69) is 33.6 Å². The van der Waals surface area contributed by atoms with Crippen LogP contribution in [0.25, 0.3) is 10.8 Å². The van der Waals surface area contributed by atoms with E-state index in [4.69, 9.17) is 4.42 Å². The molecule has 0 spiro atoms. The zero-order valence-corrected chi connectivity index (χ0v) is 14.1. The number of nitrogens with zero attached hydrogens (tertiary/aromatic N) is 2. The fraction of sp³-hybridized carbons (Fsp3) is 0.353. The van der Waals surface area contributed by atoms with Crippen LogP contribution in [0.5, 0.6) is 0 Å². The smallest absolute Gasteiger partial charge is 0.236 e. The van der Waals surface area contributed by atoms with Gasteiger partial charge in [-0.05, 0) is 41.3 Å². The highest BCUT2D eigenvalue weighted by atomic mass is 32.1. The number of hydrogen-bond donors (Lipinski definition) is 0. The Morgan fingerprint density at radius 3 is 3.09 bits per heavy atom. The highest BCUT2D eigenvalue weighted by Crippen LogP contribution is 2.36. The summed E-state index contributed by atoms with van der Waals surface area (Å²) in [6.07, 6.45) is 4.10. The lowest BCUT2D eigenvalue weighted by atomic mass is 9.98. The van der Waals surface area contributed by atoms with E-state index in [1.54, 1.807) is 16.2 Å². The fourth-order valence-electron chi connectivity index (χ4n) is 3.22. The maximum absolute atomic E-state index is 5.65. The number of thiophene rings is 2. The molecule has 0 saturated heterocycles. The van der Waals surface area contributed by atoms with Gasteiger partial charge in [0.25, 0.3) is 0 Å². The van der Waals surface area contributed by atoms with Gasteiger partial charge >= 0.3 is 0 Å². The number of oxazole rings is 1. The van der Waals surface area contributed by atoms with Crippen molar-refractivity contribution in [1.82, 2.24) is 9.88 Å². The van der Waals surface area contributed by atoms with Crippen LogP contribution in [0.4, 0.5) is 0 Å². The summed E-state index contributed by atoms with van der Waals surface area (Å²) in [5.74, 6) is 0.742. The highest BCUT2D eigenvalue weighted by Gasteiger charge is 2.27. The van der Waals surface area contributed by atoms with E-state index in [0.29, 0.717) is 6.04 Å². The van der Waals surface area contributed by atoms with E-state index in [1.807, 2.05) is 29.7 Å². The van der Waals surface area contributed by atoms with Gasteiger partial charge in [0, 0.05) is 24.0 Å². The summed E-state index contributed by atoms with van der Waals surface area (Å²) in [5, 5.41) is 4.27. The van der Waals surface area contributed by atoms with Gasteiger partial charge in [0.2, 0.25) is 5.89 Å². The van der Waals surface area contributed by atoms with Crippen LogP contribution in [0.1, 0.15) is 35.5 Å². The number of fused-ring (bicyclic) bond motifs is 1. The van der Waals surface area contributed by atoms with E-state index in [0.717, 1.165) is 42.4 Å². The molecule has 5 heteroatoms. The predicted molar refractivity (Wildman–Crippen MR) is 91.3 cm³/mol. The molecule has 114 valence electrons. The molecule has 1 aliphatic rings. The Kier molecular flexibility index (Phi) is 3.86. The van der Waals surface area contributed by atoms with Crippen molar-refractivity contribution in [2.45, 2.75) is 32.4 Å². The lowest BCUT2D eigenvalue weighted by Gasteiger charge is -2.34. The third kappa shape index (κ3) is 2.53. The van der Waals surface area contributed by atoms with Gasteiger partial charge in [0.1, 0.15) is 6.26 Å². The Hall–Kier alpha value is -1.43. The largest absolute Gasteiger partial charge is 0.444 e. The Morgan fingerprint density at radius 1 is 1.32 bits per heavy atom. The second-order valence-electron chi connectivity index (χ2n) is 5.56. The molecule has 4 rings (SSSR count). The first-order valence-corrected chi connectivity index (χ1v) is 9.39. The molecule has 3 aromatic heterocycles. The van der Waals surface area contributed by atoms with E-state index in [1.165, 1.54) is 5.56 Å². The second kappa shape index (κ2) is 5.99. The lowest BCUT2D eigenvalue weighted by Crippen LogP contribution is -2.34. The van der Waals surface area contributed by atoms with Gasteiger partial charge < -0.3 is 4.42 Å². The summed E-state index contributed by atoms with van der Waals surface area (Å²) in [7, 11) is 0. The molecule has 0 N–H and O–H groups in total. The summed E-state index contributed by atoms with van der Waals surface area (Å²) < 4.78 is 5.65. The minimum absolute atomic E-state index is 0.511. The maximum Gasteiger partial charge on any atom is 0.236 e. The molecular weight excluding hydrogens is 312 g/mol. The lowest BCUT2D eigenvalue weighted by molar-refractivity contribution is 0.171. The number of aromatic nitrogens is 1. The Morgan fingerprint density at radius 2 is 2.27 bits per heavy atom. The molecule has 0 aliphatic carbocycles. The highest BCUT2D eigenvalue weighted by molar-refractivity contribution is 7.13. The van der Waals surface area contributed by atoms with E-state index < -0.39 is 0 Å². The van der Waals surface area contributed by atoms with E-state index in [-0.39, 0.29) is 0 Å². The normalized spacial score (nSPS) is 18.5. The summed E-state index contributed by atoms with van der Waals surface area (Å²) >= 11 is 3.56. The van der Waals surface area contributed by atoms with Crippen LogP contribution >= 0.6 is 22.7 Å².